The smallest absolute Gasteiger partial charge is 0.305 e. The summed E-state index contributed by atoms with van der Waals surface area (Å²) in [4.78, 5) is 38.9. The van der Waals surface area contributed by atoms with Crippen LogP contribution < -0.4 is 5.73 Å². The SMILES string of the molecule is CC(=O)N1CCN(C(=O)[C@@H](N)CC(=O)O)CCCCOC[C@@H](O)[C@@H](O)[C@H](OCCC(C)C)C1. The van der Waals surface area contributed by atoms with Gasteiger partial charge in [-0.2, -0.15) is 0 Å². The minimum atomic E-state index is -1.26. The van der Waals surface area contributed by atoms with Gasteiger partial charge in [0.15, 0.2) is 0 Å². The van der Waals surface area contributed by atoms with Gasteiger partial charge in [0, 0.05) is 46.3 Å². The molecule has 0 radical (unpaired) electrons. The lowest BCUT2D eigenvalue weighted by Crippen LogP contribution is -2.52. The highest BCUT2D eigenvalue weighted by Crippen LogP contribution is 2.12. The number of ether oxygens (including phenoxy) is 2. The van der Waals surface area contributed by atoms with Crippen molar-refractivity contribution in [2.24, 2.45) is 11.7 Å². The van der Waals surface area contributed by atoms with Gasteiger partial charge in [0.25, 0.3) is 0 Å². The molecule has 0 aromatic carbocycles. The maximum absolute atomic E-state index is 12.7. The molecule has 0 bridgehead atoms. The monoisotopic (exact) mass is 475 g/mol. The van der Waals surface area contributed by atoms with E-state index in [4.69, 9.17) is 20.3 Å². The number of rotatable bonds is 7. The van der Waals surface area contributed by atoms with Crippen molar-refractivity contribution >= 4 is 17.8 Å². The fourth-order valence-electron chi connectivity index (χ4n) is 3.45. The number of aliphatic hydroxyl groups is 2. The van der Waals surface area contributed by atoms with E-state index in [1.165, 1.54) is 16.7 Å². The molecule has 1 aliphatic rings. The van der Waals surface area contributed by atoms with Crippen molar-refractivity contribution < 1.29 is 39.2 Å². The zero-order valence-electron chi connectivity index (χ0n) is 20.0. The van der Waals surface area contributed by atoms with Crippen molar-refractivity contribution in [2.45, 2.75) is 70.8 Å². The van der Waals surface area contributed by atoms with Gasteiger partial charge in [-0.05, 0) is 25.2 Å². The van der Waals surface area contributed by atoms with Crippen LogP contribution in [0.1, 0.15) is 46.5 Å². The van der Waals surface area contributed by atoms with E-state index in [1.807, 2.05) is 13.8 Å². The Kier molecular flexibility index (Phi) is 13.4. The summed E-state index contributed by atoms with van der Waals surface area (Å²) >= 11 is 0. The Morgan fingerprint density at radius 1 is 1.12 bits per heavy atom. The van der Waals surface area contributed by atoms with Crippen LogP contribution in [-0.2, 0) is 23.9 Å². The molecule has 2 amide bonds. The number of carboxylic acids is 1. The Balaban J connectivity index is 3.00. The molecule has 0 aromatic rings. The van der Waals surface area contributed by atoms with Crippen molar-refractivity contribution in [1.29, 1.82) is 0 Å². The van der Waals surface area contributed by atoms with Crippen molar-refractivity contribution in [1.82, 2.24) is 9.80 Å². The van der Waals surface area contributed by atoms with Crippen LogP contribution >= 0.6 is 0 Å². The maximum Gasteiger partial charge on any atom is 0.305 e. The zero-order chi connectivity index (χ0) is 25.0. The molecule has 5 N–H and O–H groups in total. The van der Waals surface area contributed by atoms with Gasteiger partial charge >= 0.3 is 5.97 Å². The number of carbonyl (C=O) groups excluding carboxylic acids is 2. The van der Waals surface area contributed by atoms with Crippen LogP contribution in [0.2, 0.25) is 0 Å². The van der Waals surface area contributed by atoms with Gasteiger partial charge in [-0.3, -0.25) is 14.4 Å². The number of nitrogens with two attached hydrogens (primary N) is 1. The number of aliphatic hydroxyl groups excluding tert-OH is 2. The molecular formula is C22H41N3O8. The number of carbonyl (C=O) groups is 3. The van der Waals surface area contributed by atoms with E-state index in [9.17, 15) is 24.6 Å². The topological polar surface area (TPSA) is 163 Å². The Morgan fingerprint density at radius 3 is 2.39 bits per heavy atom. The van der Waals surface area contributed by atoms with Gasteiger partial charge in [-0.1, -0.05) is 13.8 Å². The minimum absolute atomic E-state index is 0.0227. The summed E-state index contributed by atoms with van der Waals surface area (Å²) in [6.07, 6.45) is -1.84. The van der Waals surface area contributed by atoms with E-state index in [2.05, 4.69) is 0 Å². The second-order valence-corrected chi connectivity index (χ2v) is 8.93. The van der Waals surface area contributed by atoms with Crippen LogP contribution in [0.5, 0.6) is 0 Å². The molecular weight excluding hydrogens is 434 g/mol. The first-order chi connectivity index (χ1) is 15.5. The number of aliphatic carboxylic acids is 1. The lowest BCUT2D eigenvalue weighted by molar-refractivity contribution is -0.144. The molecule has 11 nitrogen and oxygen atoms in total. The molecule has 1 rings (SSSR count). The molecule has 1 fully saturated rings. The molecule has 0 aliphatic carbocycles. The number of carboxylic acid groups (broad SMARTS) is 1. The third-order valence-corrected chi connectivity index (χ3v) is 5.57. The minimum Gasteiger partial charge on any atom is -0.481 e. The number of hydrogen-bond donors (Lipinski definition) is 4. The largest absolute Gasteiger partial charge is 0.481 e. The van der Waals surface area contributed by atoms with Gasteiger partial charge in [0.1, 0.15) is 18.3 Å². The second-order valence-electron chi connectivity index (χ2n) is 8.93. The summed E-state index contributed by atoms with van der Waals surface area (Å²) in [6.45, 7) is 6.72. The lowest BCUT2D eigenvalue weighted by atomic mass is 10.1. The second kappa shape index (κ2) is 15.2. The molecule has 4 atom stereocenters. The quantitative estimate of drug-likeness (QED) is 0.377. The number of hydrogen-bond acceptors (Lipinski definition) is 8. The van der Waals surface area contributed by atoms with Crippen molar-refractivity contribution in [3.8, 4) is 0 Å². The van der Waals surface area contributed by atoms with Crippen molar-refractivity contribution in [3.05, 3.63) is 0 Å². The normalized spacial score (nSPS) is 24.9. The van der Waals surface area contributed by atoms with Crippen LogP contribution in [0.25, 0.3) is 0 Å². The average Bonchev–Trinajstić information content (AvgIpc) is 2.73. The molecule has 33 heavy (non-hydrogen) atoms. The molecule has 0 saturated carbocycles. The number of amides is 2. The van der Waals surface area contributed by atoms with Gasteiger partial charge in [-0.15, -0.1) is 0 Å². The van der Waals surface area contributed by atoms with Gasteiger partial charge in [-0.25, -0.2) is 0 Å². The van der Waals surface area contributed by atoms with E-state index >= 15 is 0 Å². The Morgan fingerprint density at radius 2 is 1.79 bits per heavy atom. The predicted octanol–water partition coefficient (Wildman–Crippen LogP) is -0.571. The van der Waals surface area contributed by atoms with Crippen LogP contribution in [0.3, 0.4) is 0 Å². The predicted molar refractivity (Wildman–Crippen MR) is 120 cm³/mol. The third-order valence-electron chi connectivity index (χ3n) is 5.57. The van der Waals surface area contributed by atoms with Gasteiger partial charge in [0.05, 0.1) is 19.1 Å². The highest BCUT2D eigenvalue weighted by Gasteiger charge is 2.31. The van der Waals surface area contributed by atoms with E-state index < -0.39 is 42.7 Å². The highest BCUT2D eigenvalue weighted by atomic mass is 16.5. The van der Waals surface area contributed by atoms with Gasteiger partial charge < -0.3 is 40.3 Å². The number of nitrogens with zero attached hydrogens (tertiary/aromatic N) is 2. The van der Waals surface area contributed by atoms with Crippen LogP contribution in [0, 0.1) is 5.92 Å². The molecule has 11 heteroatoms. The first kappa shape index (κ1) is 29.2. The average molecular weight is 476 g/mol. The summed E-state index contributed by atoms with van der Waals surface area (Å²) in [5.41, 5.74) is 5.78. The fraction of sp³-hybridized carbons (Fsp3) is 0.864. The molecule has 0 spiro atoms. The Bertz CT molecular complexity index is 618. The summed E-state index contributed by atoms with van der Waals surface area (Å²) in [5.74, 6) is -1.55. The zero-order valence-corrected chi connectivity index (χ0v) is 20.0. The summed E-state index contributed by atoms with van der Waals surface area (Å²) in [6, 6.07) is -1.17. The van der Waals surface area contributed by atoms with Crippen LogP contribution in [0.15, 0.2) is 0 Å². The summed E-state index contributed by atoms with van der Waals surface area (Å²) < 4.78 is 11.3. The molecule has 0 aromatic heterocycles. The van der Waals surface area contributed by atoms with E-state index in [1.54, 1.807) is 0 Å². The van der Waals surface area contributed by atoms with E-state index in [0.29, 0.717) is 38.5 Å². The van der Waals surface area contributed by atoms with Gasteiger partial charge in [0.2, 0.25) is 11.8 Å². The summed E-state index contributed by atoms with van der Waals surface area (Å²) in [5, 5.41) is 30.0. The van der Waals surface area contributed by atoms with Crippen molar-refractivity contribution in [2.75, 3.05) is 46.0 Å². The van der Waals surface area contributed by atoms with Crippen molar-refractivity contribution in [3.63, 3.8) is 0 Å². The Hall–Kier alpha value is -1.79. The highest BCUT2D eigenvalue weighted by molar-refractivity contribution is 5.86. The molecule has 1 heterocycles. The fourth-order valence-corrected chi connectivity index (χ4v) is 3.45. The lowest BCUT2D eigenvalue weighted by Gasteiger charge is -2.34. The molecule has 192 valence electrons. The first-order valence-corrected chi connectivity index (χ1v) is 11.6. The standard InChI is InChI=1S/C22H41N3O8/c1-15(2)6-11-33-19-13-25(16(3)26)9-8-24(22(31)17(23)12-20(28)29)7-4-5-10-32-14-18(27)21(19)30/h15,17-19,21,27,30H,4-14,23H2,1-3H3,(H,28,29)/t17-,18+,19+,21+/m0/s1. The maximum atomic E-state index is 12.7. The molecule has 1 aliphatic heterocycles. The molecule has 0 unspecified atom stereocenters. The molecule has 1 saturated heterocycles. The first-order valence-electron chi connectivity index (χ1n) is 11.6. The van der Waals surface area contributed by atoms with E-state index in [0.717, 1.165) is 6.42 Å². The third kappa shape index (κ3) is 11.3. The Labute approximate surface area is 195 Å². The van der Waals surface area contributed by atoms with Crippen LogP contribution in [0.4, 0.5) is 0 Å². The van der Waals surface area contributed by atoms with Crippen LogP contribution in [-0.4, -0.2) is 113 Å². The van der Waals surface area contributed by atoms with E-state index in [-0.39, 0.29) is 32.1 Å². The summed E-state index contributed by atoms with van der Waals surface area (Å²) in [7, 11) is 0.